The molecule has 0 amide bonds. The first-order chi connectivity index (χ1) is 8.00. The molecule has 0 saturated heterocycles. The standard InChI is InChI=1S/C10H13BrClO3PS/c1-3-14-16(13,17-4-2)15-10-6-5-8(11)7-9(10)12/h5-7H,3-4H2,1-2H3. The van der Waals surface area contributed by atoms with Gasteiger partial charge in [-0.05, 0) is 36.5 Å². The summed E-state index contributed by atoms with van der Waals surface area (Å²) in [5.41, 5.74) is 0. The Bertz CT molecular complexity index is 420. The molecule has 1 rings (SSSR count). The monoisotopic (exact) mass is 358 g/mol. The van der Waals surface area contributed by atoms with E-state index in [-0.39, 0.29) is 0 Å². The van der Waals surface area contributed by atoms with Crippen LogP contribution in [0.5, 0.6) is 5.75 Å². The van der Waals surface area contributed by atoms with Crippen LogP contribution in [0.4, 0.5) is 0 Å². The molecule has 1 unspecified atom stereocenters. The third kappa shape index (κ3) is 4.84. The molecule has 0 aliphatic heterocycles. The van der Waals surface area contributed by atoms with Crippen molar-refractivity contribution in [3.8, 4) is 5.75 Å². The van der Waals surface area contributed by atoms with E-state index in [0.29, 0.717) is 23.1 Å². The van der Waals surface area contributed by atoms with Crippen molar-refractivity contribution < 1.29 is 13.6 Å². The van der Waals surface area contributed by atoms with Gasteiger partial charge in [0.15, 0.2) is 0 Å². The van der Waals surface area contributed by atoms with Gasteiger partial charge in [0.05, 0.1) is 11.6 Å². The molecule has 0 saturated carbocycles. The van der Waals surface area contributed by atoms with Crippen LogP contribution >= 0.6 is 45.7 Å². The fraction of sp³-hybridized carbons (Fsp3) is 0.400. The van der Waals surface area contributed by atoms with Crippen molar-refractivity contribution in [1.82, 2.24) is 0 Å². The first-order valence-electron chi connectivity index (χ1n) is 5.04. The van der Waals surface area contributed by atoms with Crippen LogP contribution in [0.1, 0.15) is 13.8 Å². The largest absolute Gasteiger partial charge is 0.440 e. The number of rotatable bonds is 6. The lowest BCUT2D eigenvalue weighted by Crippen LogP contribution is -1.96. The molecular formula is C10H13BrClO3PS. The second kappa shape index (κ2) is 7.05. The fourth-order valence-corrected chi connectivity index (χ4v) is 4.94. The van der Waals surface area contributed by atoms with Gasteiger partial charge < -0.3 is 4.52 Å². The van der Waals surface area contributed by atoms with E-state index in [9.17, 15) is 4.57 Å². The molecule has 0 spiro atoms. The molecule has 1 aromatic carbocycles. The maximum Gasteiger partial charge on any atom is 0.440 e. The summed E-state index contributed by atoms with van der Waals surface area (Å²) in [6.07, 6.45) is 0. The molecule has 0 radical (unpaired) electrons. The highest BCUT2D eigenvalue weighted by atomic mass is 79.9. The minimum Gasteiger partial charge on any atom is -0.415 e. The Morgan fingerprint density at radius 2 is 2.18 bits per heavy atom. The summed E-state index contributed by atoms with van der Waals surface area (Å²) in [6.45, 7) is 0.830. The van der Waals surface area contributed by atoms with Crippen LogP contribution in [-0.4, -0.2) is 12.4 Å². The van der Waals surface area contributed by atoms with Crippen molar-refractivity contribution >= 4 is 45.7 Å². The number of benzene rings is 1. The van der Waals surface area contributed by atoms with E-state index in [1.165, 1.54) is 0 Å². The molecule has 7 heteroatoms. The first-order valence-corrected chi connectivity index (χ1v) is 9.35. The molecule has 0 fully saturated rings. The van der Waals surface area contributed by atoms with Gasteiger partial charge in [-0.25, -0.2) is 4.57 Å². The molecule has 3 nitrogen and oxygen atoms in total. The molecule has 0 aliphatic carbocycles. The van der Waals surface area contributed by atoms with Crippen molar-refractivity contribution in [3.05, 3.63) is 27.7 Å². The summed E-state index contributed by atoms with van der Waals surface area (Å²) in [5.74, 6) is 1.01. The lowest BCUT2D eigenvalue weighted by Gasteiger charge is -2.17. The van der Waals surface area contributed by atoms with E-state index in [2.05, 4.69) is 15.9 Å². The minimum absolute atomic E-state index is 0.332. The van der Waals surface area contributed by atoms with Gasteiger partial charge in [0, 0.05) is 10.2 Å². The number of hydrogen-bond acceptors (Lipinski definition) is 4. The summed E-state index contributed by atoms with van der Waals surface area (Å²) in [7, 11) is 0. The van der Waals surface area contributed by atoms with Crippen LogP contribution in [0, 0.1) is 0 Å². The highest BCUT2D eigenvalue weighted by molar-refractivity contribution is 9.10. The lowest BCUT2D eigenvalue weighted by atomic mass is 10.3. The van der Waals surface area contributed by atoms with Gasteiger partial charge in [-0.15, -0.1) is 0 Å². The summed E-state index contributed by atoms with van der Waals surface area (Å²) < 4.78 is 23.7. The van der Waals surface area contributed by atoms with Gasteiger partial charge in [0.1, 0.15) is 5.75 Å². The van der Waals surface area contributed by atoms with E-state index >= 15 is 0 Å². The minimum atomic E-state index is -3.17. The van der Waals surface area contributed by atoms with Crippen LogP contribution in [-0.2, 0) is 9.09 Å². The quantitative estimate of drug-likeness (QED) is 0.639. The molecule has 0 aliphatic rings. The van der Waals surface area contributed by atoms with E-state index < -0.39 is 6.80 Å². The molecule has 0 aromatic heterocycles. The van der Waals surface area contributed by atoms with Gasteiger partial charge in [0.2, 0.25) is 0 Å². The molecule has 0 bridgehead atoms. The second-order valence-corrected chi connectivity index (χ2v) is 8.56. The maximum atomic E-state index is 12.3. The normalized spacial score (nSPS) is 14.4. The predicted molar refractivity (Wildman–Crippen MR) is 77.1 cm³/mol. The van der Waals surface area contributed by atoms with Gasteiger partial charge in [-0.2, -0.15) is 0 Å². The van der Waals surface area contributed by atoms with Crippen molar-refractivity contribution in [2.45, 2.75) is 13.8 Å². The van der Waals surface area contributed by atoms with Crippen molar-refractivity contribution in [2.24, 2.45) is 0 Å². The Hall–Kier alpha value is 0.330. The SMILES string of the molecule is CCOP(=O)(Oc1ccc(Br)cc1Cl)SCC. The average Bonchev–Trinajstić information content (AvgIpc) is 2.23. The molecule has 96 valence electrons. The zero-order chi connectivity index (χ0) is 12.9. The Balaban J connectivity index is 2.89. The lowest BCUT2D eigenvalue weighted by molar-refractivity contribution is 0.296. The second-order valence-electron chi connectivity index (χ2n) is 2.95. The highest BCUT2D eigenvalue weighted by Gasteiger charge is 2.26. The van der Waals surface area contributed by atoms with E-state index in [0.717, 1.165) is 15.9 Å². The van der Waals surface area contributed by atoms with E-state index in [4.69, 9.17) is 20.6 Å². The van der Waals surface area contributed by atoms with E-state index in [1.807, 2.05) is 6.92 Å². The summed E-state index contributed by atoms with van der Waals surface area (Å²) >= 11 is 10.4. The third-order valence-electron chi connectivity index (χ3n) is 1.68. The number of hydrogen-bond donors (Lipinski definition) is 0. The van der Waals surface area contributed by atoms with Crippen molar-refractivity contribution in [1.29, 1.82) is 0 Å². The molecule has 1 aromatic rings. The van der Waals surface area contributed by atoms with Crippen LogP contribution in [0.2, 0.25) is 5.02 Å². The predicted octanol–water partition coefficient (Wildman–Crippen LogP) is 5.38. The van der Waals surface area contributed by atoms with E-state index in [1.54, 1.807) is 25.1 Å². The molecule has 0 heterocycles. The molecule has 0 N–H and O–H groups in total. The Labute approximate surface area is 119 Å². The smallest absolute Gasteiger partial charge is 0.415 e. The fourth-order valence-electron chi connectivity index (χ4n) is 1.08. The van der Waals surface area contributed by atoms with Crippen LogP contribution < -0.4 is 4.52 Å². The zero-order valence-corrected chi connectivity index (χ0v) is 13.5. The van der Waals surface area contributed by atoms with Gasteiger partial charge in [0.25, 0.3) is 0 Å². The molecule has 17 heavy (non-hydrogen) atoms. The Morgan fingerprint density at radius 1 is 1.47 bits per heavy atom. The first kappa shape index (κ1) is 15.4. The molecule has 1 atom stereocenters. The summed E-state index contributed by atoms with van der Waals surface area (Å²) in [4.78, 5) is 0. The number of halogens is 2. The highest BCUT2D eigenvalue weighted by Crippen LogP contribution is 2.60. The average molecular weight is 360 g/mol. The van der Waals surface area contributed by atoms with Crippen LogP contribution in [0.3, 0.4) is 0 Å². The van der Waals surface area contributed by atoms with Crippen molar-refractivity contribution in [3.63, 3.8) is 0 Å². The van der Waals surface area contributed by atoms with Gasteiger partial charge >= 0.3 is 6.80 Å². The summed E-state index contributed by atoms with van der Waals surface area (Å²) in [5, 5.41) is 0.399. The topological polar surface area (TPSA) is 35.5 Å². The van der Waals surface area contributed by atoms with Crippen molar-refractivity contribution in [2.75, 3.05) is 12.4 Å². The van der Waals surface area contributed by atoms with Crippen LogP contribution in [0.15, 0.2) is 22.7 Å². The zero-order valence-electron chi connectivity index (χ0n) is 9.48. The molecular weight excluding hydrogens is 347 g/mol. The maximum absolute atomic E-state index is 12.3. The third-order valence-corrected chi connectivity index (χ3v) is 6.30. The van der Waals surface area contributed by atoms with Gasteiger partial charge in [-0.1, -0.05) is 34.5 Å². The Kier molecular flexibility index (Phi) is 6.38. The van der Waals surface area contributed by atoms with Gasteiger partial charge in [-0.3, -0.25) is 4.52 Å². The summed E-state index contributed by atoms with van der Waals surface area (Å²) in [6, 6.07) is 5.12. The van der Waals surface area contributed by atoms with Crippen LogP contribution in [0.25, 0.3) is 0 Å². The Morgan fingerprint density at radius 3 is 2.71 bits per heavy atom.